The Labute approximate surface area is 298 Å². The van der Waals surface area contributed by atoms with Crippen molar-refractivity contribution in [2.24, 2.45) is 0 Å². The molecule has 0 amide bonds. The van der Waals surface area contributed by atoms with Crippen molar-refractivity contribution in [3.63, 3.8) is 0 Å². The highest BCUT2D eigenvalue weighted by atomic mass is 16.3. The van der Waals surface area contributed by atoms with Crippen molar-refractivity contribution in [1.29, 1.82) is 0 Å². The van der Waals surface area contributed by atoms with Gasteiger partial charge in [0, 0.05) is 32.8 Å². The predicted octanol–water partition coefficient (Wildman–Crippen LogP) is 12.2. The van der Waals surface area contributed by atoms with Gasteiger partial charge in [0.05, 0.1) is 22.1 Å². The number of aromatic nitrogens is 4. The summed E-state index contributed by atoms with van der Waals surface area (Å²) in [5, 5.41) is 9.29. The average molecular weight is 665 g/mol. The zero-order valence-electron chi connectivity index (χ0n) is 27.9. The molecular weight excluding hydrogens is 637 g/mol. The number of para-hydroxylation sites is 1. The first kappa shape index (κ1) is 28.7. The van der Waals surface area contributed by atoms with Gasteiger partial charge in [-0.25, -0.2) is 15.0 Å². The number of hydrogen-bond donors (Lipinski definition) is 0. The van der Waals surface area contributed by atoms with Crippen molar-refractivity contribution in [2.75, 3.05) is 0 Å². The second-order valence-corrected chi connectivity index (χ2v) is 13.3. The molecule has 0 fully saturated rings. The molecule has 0 aliphatic rings. The van der Waals surface area contributed by atoms with Crippen LogP contribution in [0.1, 0.15) is 0 Å². The van der Waals surface area contributed by atoms with Crippen molar-refractivity contribution < 1.29 is 4.42 Å². The second kappa shape index (κ2) is 11.2. The third kappa shape index (κ3) is 4.46. The minimum Gasteiger partial charge on any atom is -0.456 e. The van der Waals surface area contributed by atoms with Gasteiger partial charge in [-0.2, -0.15) is 0 Å². The molecule has 0 spiro atoms. The molecule has 52 heavy (non-hydrogen) atoms. The van der Waals surface area contributed by atoms with E-state index in [-0.39, 0.29) is 0 Å². The van der Waals surface area contributed by atoms with E-state index in [0.29, 0.717) is 17.5 Å². The van der Waals surface area contributed by atoms with E-state index < -0.39 is 0 Å². The summed E-state index contributed by atoms with van der Waals surface area (Å²) in [6, 6.07) is 59.3. The van der Waals surface area contributed by atoms with Crippen LogP contribution in [0, 0.1) is 0 Å². The Morgan fingerprint density at radius 3 is 1.38 bits per heavy atom. The third-order valence-electron chi connectivity index (χ3n) is 10.2. The van der Waals surface area contributed by atoms with Crippen LogP contribution in [0.2, 0.25) is 0 Å². The Kier molecular flexibility index (Phi) is 6.18. The molecule has 11 rings (SSSR count). The lowest BCUT2D eigenvalue weighted by atomic mass is 10.0. The number of fused-ring (bicyclic) bond motifs is 8. The molecule has 0 aliphatic heterocycles. The molecule has 0 N–H and O–H groups in total. The van der Waals surface area contributed by atoms with Crippen molar-refractivity contribution in [2.45, 2.75) is 0 Å². The highest BCUT2D eigenvalue weighted by molar-refractivity contribution is 6.19. The van der Waals surface area contributed by atoms with E-state index in [0.717, 1.165) is 55.3 Å². The minimum atomic E-state index is 0.577. The van der Waals surface area contributed by atoms with Gasteiger partial charge in [0.1, 0.15) is 11.2 Å². The lowest BCUT2D eigenvalue weighted by Gasteiger charge is -2.13. The van der Waals surface area contributed by atoms with Crippen molar-refractivity contribution >= 4 is 65.3 Å². The standard InChI is InChI=1S/C47H28N4O/c1-3-13-29(14-4-1)45-48-46(30-15-5-2-6-16-30)50-47(49-45)35-27-41(44-36-21-11-12-22-42(36)52-43(44)28-35)51-39-25-33-19-9-7-17-31(33)23-37(39)38-24-32-18-8-10-20-34(32)26-40(38)51/h1-28H. The Morgan fingerprint density at radius 2 is 0.827 bits per heavy atom. The summed E-state index contributed by atoms with van der Waals surface area (Å²) in [4.78, 5) is 15.2. The Hall–Kier alpha value is -7.11. The molecule has 0 unspecified atom stereocenters. The largest absolute Gasteiger partial charge is 0.456 e. The normalized spacial score (nSPS) is 11.8. The van der Waals surface area contributed by atoms with Crippen molar-refractivity contribution in [3.05, 3.63) is 170 Å². The van der Waals surface area contributed by atoms with Gasteiger partial charge in [0.25, 0.3) is 0 Å². The summed E-state index contributed by atoms with van der Waals surface area (Å²) in [6.45, 7) is 0. The van der Waals surface area contributed by atoms with Gasteiger partial charge >= 0.3 is 0 Å². The smallest absolute Gasteiger partial charge is 0.164 e. The molecular formula is C47H28N4O. The van der Waals surface area contributed by atoms with Crippen LogP contribution in [-0.4, -0.2) is 19.5 Å². The fourth-order valence-electron chi connectivity index (χ4n) is 7.72. The second-order valence-electron chi connectivity index (χ2n) is 13.3. The highest BCUT2D eigenvalue weighted by Gasteiger charge is 2.22. The number of furan rings is 1. The van der Waals surface area contributed by atoms with Crippen LogP contribution in [0.15, 0.2) is 174 Å². The van der Waals surface area contributed by atoms with Gasteiger partial charge in [-0.1, -0.05) is 127 Å². The summed E-state index contributed by atoms with van der Waals surface area (Å²) in [6.07, 6.45) is 0. The van der Waals surface area contributed by atoms with Crippen LogP contribution in [-0.2, 0) is 0 Å². The lowest BCUT2D eigenvalue weighted by molar-refractivity contribution is 0.669. The molecule has 3 heterocycles. The van der Waals surface area contributed by atoms with Gasteiger partial charge < -0.3 is 8.98 Å². The first-order valence-corrected chi connectivity index (χ1v) is 17.4. The molecule has 0 atom stereocenters. The highest BCUT2D eigenvalue weighted by Crippen LogP contribution is 2.42. The zero-order valence-corrected chi connectivity index (χ0v) is 27.9. The molecule has 0 aliphatic carbocycles. The molecule has 0 bridgehead atoms. The number of benzene rings is 8. The maximum absolute atomic E-state index is 6.66. The van der Waals surface area contributed by atoms with Crippen LogP contribution in [0.4, 0.5) is 0 Å². The lowest BCUT2D eigenvalue weighted by Crippen LogP contribution is -2.01. The Morgan fingerprint density at radius 1 is 0.365 bits per heavy atom. The van der Waals surface area contributed by atoms with E-state index in [2.05, 4.69) is 102 Å². The van der Waals surface area contributed by atoms with E-state index in [9.17, 15) is 0 Å². The monoisotopic (exact) mass is 664 g/mol. The van der Waals surface area contributed by atoms with Gasteiger partial charge in [-0.3, -0.25) is 0 Å². The van der Waals surface area contributed by atoms with E-state index in [1.807, 2.05) is 72.8 Å². The maximum Gasteiger partial charge on any atom is 0.164 e. The molecule has 5 heteroatoms. The van der Waals surface area contributed by atoms with Gasteiger partial charge in [-0.05, 0) is 64.0 Å². The quantitative estimate of drug-likeness (QED) is 0.188. The summed E-state index contributed by atoms with van der Waals surface area (Å²) in [5.74, 6) is 1.81. The minimum absolute atomic E-state index is 0.577. The number of rotatable bonds is 4. The maximum atomic E-state index is 6.66. The topological polar surface area (TPSA) is 56.7 Å². The number of nitrogens with zero attached hydrogens (tertiary/aromatic N) is 4. The Bertz CT molecular complexity index is 3030. The van der Waals surface area contributed by atoms with Crippen LogP contribution in [0.25, 0.3) is 105 Å². The van der Waals surface area contributed by atoms with E-state index in [1.54, 1.807) is 0 Å². The summed E-state index contributed by atoms with van der Waals surface area (Å²) in [5.41, 5.74) is 7.55. The van der Waals surface area contributed by atoms with Crippen molar-refractivity contribution in [3.8, 4) is 39.9 Å². The average Bonchev–Trinajstić information content (AvgIpc) is 3.74. The van der Waals surface area contributed by atoms with Crippen molar-refractivity contribution in [1.82, 2.24) is 19.5 Å². The predicted molar refractivity (Wildman–Crippen MR) is 213 cm³/mol. The molecule has 0 saturated heterocycles. The van der Waals surface area contributed by atoms with E-state index in [4.69, 9.17) is 19.4 Å². The fraction of sp³-hybridized carbons (Fsp3) is 0. The van der Waals surface area contributed by atoms with E-state index >= 15 is 0 Å². The van der Waals surface area contributed by atoms with Gasteiger partial charge in [0.2, 0.25) is 0 Å². The molecule has 11 aromatic rings. The van der Waals surface area contributed by atoms with Crippen LogP contribution < -0.4 is 0 Å². The molecule has 3 aromatic heterocycles. The molecule has 5 nitrogen and oxygen atoms in total. The Balaban J connectivity index is 1.28. The van der Waals surface area contributed by atoms with E-state index in [1.165, 1.54) is 32.3 Å². The third-order valence-corrected chi connectivity index (χ3v) is 10.2. The summed E-state index contributed by atoms with van der Waals surface area (Å²) < 4.78 is 9.07. The number of hydrogen-bond acceptors (Lipinski definition) is 4. The summed E-state index contributed by atoms with van der Waals surface area (Å²) in [7, 11) is 0. The van der Waals surface area contributed by atoms with Crippen LogP contribution in [0.5, 0.6) is 0 Å². The molecule has 8 aromatic carbocycles. The molecule has 0 radical (unpaired) electrons. The van der Waals surface area contributed by atoms with Crippen LogP contribution in [0.3, 0.4) is 0 Å². The van der Waals surface area contributed by atoms with Crippen LogP contribution >= 0.6 is 0 Å². The van der Waals surface area contributed by atoms with Gasteiger partial charge in [-0.15, -0.1) is 0 Å². The first-order valence-electron chi connectivity index (χ1n) is 17.4. The summed E-state index contributed by atoms with van der Waals surface area (Å²) >= 11 is 0. The first-order chi connectivity index (χ1) is 25.7. The zero-order chi connectivity index (χ0) is 34.2. The molecule has 0 saturated carbocycles. The fourth-order valence-corrected chi connectivity index (χ4v) is 7.72. The SMILES string of the molecule is c1ccc(-c2nc(-c3ccccc3)nc(-c3cc(-n4c5cc6ccccc6cc5c5cc6ccccc6cc54)c4c(c3)oc3ccccc34)n2)cc1. The van der Waals surface area contributed by atoms with Gasteiger partial charge in [0.15, 0.2) is 17.5 Å². The molecule has 242 valence electrons.